The fraction of sp³-hybridized carbons (Fsp3) is 0.304. The summed E-state index contributed by atoms with van der Waals surface area (Å²) >= 11 is 0. The van der Waals surface area contributed by atoms with Gasteiger partial charge in [0.15, 0.2) is 5.82 Å². The van der Waals surface area contributed by atoms with Crippen LogP contribution in [0, 0.1) is 0 Å². The molecule has 0 atom stereocenters. The van der Waals surface area contributed by atoms with Gasteiger partial charge in [0.05, 0.1) is 30.3 Å². The predicted octanol–water partition coefficient (Wildman–Crippen LogP) is 1.83. The molecule has 10 nitrogen and oxygen atoms in total. The van der Waals surface area contributed by atoms with E-state index in [0.717, 1.165) is 17.1 Å². The van der Waals surface area contributed by atoms with Crippen molar-refractivity contribution in [2.45, 2.75) is 17.9 Å². The Morgan fingerprint density at radius 1 is 0.971 bits per heavy atom. The standard InChI is InChI=1S/C23H24N6O4S/c30-23(27-34(31,32)17-6-2-1-3-7-17)29-11-9-19-18(16-29)22(28-12-14-33-15-13-28)26-21(25-19)20-8-4-5-10-24-20/h1-8,10H,9,11-16H2,(H,27,30). The van der Waals surface area contributed by atoms with Crippen LogP contribution in [0.5, 0.6) is 0 Å². The molecule has 11 heteroatoms. The molecule has 2 aromatic heterocycles. The summed E-state index contributed by atoms with van der Waals surface area (Å²) in [5, 5.41) is 0. The van der Waals surface area contributed by atoms with Crippen molar-refractivity contribution in [1.29, 1.82) is 0 Å². The lowest BCUT2D eigenvalue weighted by Gasteiger charge is -2.34. The molecule has 1 aromatic carbocycles. The normalized spacial score (nSPS) is 16.1. The minimum absolute atomic E-state index is 0.0399. The number of nitrogens with zero attached hydrogens (tertiary/aromatic N) is 5. The average Bonchev–Trinajstić information content (AvgIpc) is 2.89. The minimum atomic E-state index is -3.97. The van der Waals surface area contributed by atoms with Crippen molar-refractivity contribution < 1.29 is 17.9 Å². The third kappa shape index (κ3) is 4.57. The van der Waals surface area contributed by atoms with Gasteiger partial charge in [-0.15, -0.1) is 0 Å². The molecule has 2 aliphatic heterocycles. The molecule has 1 fully saturated rings. The van der Waals surface area contributed by atoms with Crippen LogP contribution in [-0.4, -0.2) is 67.1 Å². The first-order valence-corrected chi connectivity index (χ1v) is 12.5. The molecule has 0 saturated carbocycles. The Morgan fingerprint density at radius 2 is 1.74 bits per heavy atom. The van der Waals surface area contributed by atoms with Crippen LogP contribution in [0.3, 0.4) is 0 Å². The molecule has 34 heavy (non-hydrogen) atoms. The first-order chi connectivity index (χ1) is 16.5. The number of fused-ring (bicyclic) bond motifs is 1. The highest BCUT2D eigenvalue weighted by molar-refractivity contribution is 7.90. The van der Waals surface area contributed by atoms with Gasteiger partial charge in [-0.2, -0.15) is 0 Å². The van der Waals surface area contributed by atoms with Gasteiger partial charge in [0, 0.05) is 37.8 Å². The third-order valence-electron chi connectivity index (χ3n) is 5.81. The molecule has 4 heterocycles. The summed E-state index contributed by atoms with van der Waals surface area (Å²) in [5.41, 5.74) is 2.33. The van der Waals surface area contributed by atoms with Gasteiger partial charge in [-0.3, -0.25) is 4.98 Å². The molecule has 0 unspecified atom stereocenters. The third-order valence-corrected chi connectivity index (χ3v) is 7.14. The molecular weight excluding hydrogens is 456 g/mol. The maximum atomic E-state index is 12.9. The van der Waals surface area contributed by atoms with Gasteiger partial charge in [0.1, 0.15) is 11.5 Å². The number of aromatic nitrogens is 3. The summed E-state index contributed by atoms with van der Waals surface area (Å²) in [6.07, 6.45) is 2.18. The van der Waals surface area contributed by atoms with Crippen LogP contribution in [0.25, 0.3) is 11.5 Å². The lowest BCUT2D eigenvalue weighted by Crippen LogP contribution is -2.46. The molecule has 176 valence electrons. The Balaban J connectivity index is 1.44. The van der Waals surface area contributed by atoms with Gasteiger partial charge in [0.2, 0.25) is 0 Å². The van der Waals surface area contributed by atoms with E-state index in [2.05, 4.69) is 14.6 Å². The number of nitrogens with one attached hydrogen (secondary N) is 1. The van der Waals surface area contributed by atoms with Crippen LogP contribution in [0.2, 0.25) is 0 Å². The van der Waals surface area contributed by atoms with E-state index in [1.165, 1.54) is 17.0 Å². The van der Waals surface area contributed by atoms with Crippen LogP contribution < -0.4 is 9.62 Å². The molecule has 0 radical (unpaired) electrons. The molecule has 0 spiro atoms. The van der Waals surface area contributed by atoms with E-state index in [9.17, 15) is 13.2 Å². The van der Waals surface area contributed by atoms with Crippen LogP contribution >= 0.6 is 0 Å². The zero-order chi connectivity index (χ0) is 23.5. The summed E-state index contributed by atoms with van der Waals surface area (Å²) < 4.78 is 33.0. The highest BCUT2D eigenvalue weighted by atomic mass is 32.2. The molecule has 1 N–H and O–H groups in total. The Kier molecular flexibility index (Phi) is 6.12. The monoisotopic (exact) mass is 480 g/mol. The highest BCUT2D eigenvalue weighted by Crippen LogP contribution is 2.30. The van der Waals surface area contributed by atoms with E-state index in [1.807, 2.05) is 18.2 Å². The van der Waals surface area contributed by atoms with Crippen molar-refractivity contribution in [2.75, 3.05) is 37.7 Å². The smallest absolute Gasteiger partial charge is 0.331 e. The largest absolute Gasteiger partial charge is 0.378 e. The van der Waals surface area contributed by atoms with Crippen LogP contribution in [0.4, 0.5) is 10.6 Å². The molecule has 1 saturated heterocycles. The average molecular weight is 481 g/mol. The summed E-state index contributed by atoms with van der Waals surface area (Å²) in [5.74, 6) is 1.27. The van der Waals surface area contributed by atoms with E-state index in [4.69, 9.17) is 14.7 Å². The number of ether oxygens (including phenoxy) is 1. The Bertz CT molecular complexity index is 1280. The number of benzene rings is 1. The molecular formula is C23H24N6O4S. The number of amides is 2. The SMILES string of the molecule is O=C(NS(=O)(=O)c1ccccc1)N1CCc2nc(-c3ccccn3)nc(N3CCOCC3)c2C1. The number of urea groups is 1. The first kappa shape index (κ1) is 22.2. The molecule has 3 aromatic rings. The summed E-state index contributed by atoms with van der Waals surface area (Å²) in [7, 11) is -3.97. The van der Waals surface area contributed by atoms with Gasteiger partial charge in [0.25, 0.3) is 10.0 Å². The first-order valence-electron chi connectivity index (χ1n) is 11.0. The van der Waals surface area contributed by atoms with Crippen LogP contribution in [-0.2, 0) is 27.7 Å². The second kappa shape index (κ2) is 9.35. The number of carbonyl (C=O) groups is 1. The van der Waals surface area contributed by atoms with Gasteiger partial charge >= 0.3 is 6.03 Å². The van der Waals surface area contributed by atoms with Crippen molar-refractivity contribution in [3.05, 3.63) is 66.0 Å². The number of hydrogen-bond donors (Lipinski definition) is 1. The molecule has 5 rings (SSSR count). The topological polar surface area (TPSA) is 118 Å². The lowest BCUT2D eigenvalue weighted by atomic mass is 10.1. The fourth-order valence-electron chi connectivity index (χ4n) is 4.05. The number of anilines is 1. The summed E-state index contributed by atoms with van der Waals surface area (Å²) in [6.45, 7) is 3.04. The molecule has 2 amide bonds. The number of morpholine rings is 1. The van der Waals surface area contributed by atoms with Crippen molar-refractivity contribution in [1.82, 2.24) is 24.6 Å². The highest BCUT2D eigenvalue weighted by Gasteiger charge is 2.30. The number of hydrogen-bond acceptors (Lipinski definition) is 8. The molecule has 0 aliphatic carbocycles. The van der Waals surface area contributed by atoms with Crippen molar-refractivity contribution in [3.63, 3.8) is 0 Å². The Hall–Kier alpha value is -3.57. The zero-order valence-electron chi connectivity index (χ0n) is 18.4. The van der Waals surface area contributed by atoms with E-state index in [1.54, 1.807) is 24.4 Å². The quantitative estimate of drug-likeness (QED) is 0.601. The minimum Gasteiger partial charge on any atom is -0.378 e. The number of sulfonamides is 1. The van der Waals surface area contributed by atoms with E-state index >= 15 is 0 Å². The summed E-state index contributed by atoms with van der Waals surface area (Å²) in [4.78, 5) is 30.5. The molecule has 2 aliphatic rings. The fourth-order valence-corrected chi connectivity index (χ4v) is 5.05. The van der Waals surface area contributed by atoms with Gasteiger partial charge < -0.3 is 14.5 Å². The number of rotatable bonds is 4. The number of carbonyl (C=O) groups excluding carboxylic acids is 1. The van der Waals surface area contributed by atoms with Crippen molar-refractivity contribution >= 4 is 21.9 Å². The van der Waals surface area contributed by atoms with E-state index in [0.29, 0.717) is 50.8 Å². The van der Waals surface area contributed by atoms with Crippen LogP contribution in [0.1, 0.15) is 11.3 Å². The zero-order valence-corrected chi connectivity index (χ0v) is 19.2. The van der Waals surface area contributed by atoms with E-state index in [-0.39, 0.29) is 11.4 Å². The predicted molar refractivity (Wildman–Crippen MR) is 125 cm³/mol. The lowest BCUT2D eigenvalue weighted by molar-refractivity contribution is 0.122. The molecule has 0 bridgehead atoms. The summed E-state index contributed by atoms with van der Waals surface area (Å²) in [6, 6.07) is 12.8. The van der Waals surface area contributed by atoms with Crippen LogP contribution in [0.15, 0.2) is 59.6 Å². The Labute approximate surface area is 197 Å². The van der Waals surface area contributed by atoms with Gasteiger partial charge in [-0.25, -0.2) is 27.9 Å². The second-order valence-corrected chi connectivity index (χ2v) is 9.69. The maximum absolute atomic E-state index is 12.9. The van der Waals surface area contributed by atoms with Crippen molar-refractivity contribution in [2.24, 2.45) is 0 Å². The van der Waals surface area contributed by atoms with Gasteiger partial charge in [-0.1, -0.05) is 24.3 Å². The maximum Gasteiger partial charge on any atom is 0.331 e. The van der Waals surface area contributed by atoms with Gasteiger partial charge in [-0.05, 0) is 24.3 Å². The number of pyridine rings is 1. The van der Waals surface area contributed by atoms with E-state index < -0.39 is 16.1 Å². The van der Waals surface area contributed by atoms with Crippen molar-refractivity contribution in [3.8, 4) is 11.5 Å². The Morgan fingerprint density at radius 3 is 2.47 bits per heavy atom. The second-order valence-electron chi connectivity index (χ2n) is 8.01.